The van der Waals surface area contributed by atoms with Gasteiger partial charge in [0.1, 0.15) is 11.4 Å². The fourth-order valence-corrected chi connectivity index (χ4v) is 4.33. The number of ether oxygens (including phenoxy) is 1. The van der Waals surface area contributed by atoms with E-state index >= 15 is 0 Å². The molecule has 1 heterocycles. The number of benzene rings is 1. The van der Waals surface area contributed by atoms with Crippen LogP contribution in [0.2, 0.25) is 5.02 Å². The van der Waals surface area contributed by atoms with Gasteiger partial charge in [-0.15, -0.1) is 0 Å². The smallest absolute Gasteiger partial charge is 0.125 e. The summed E-state index contributed by atoms with van der Waals surface area (Å²) >= 11 is 6.05. The molecule has 1 fully saturated rings. The van der Waals surface area contributed by atoms with Gasteiger partial charge in [0.25, 0.3) is 0 Å². The summed E-state index contributed by atoms with van der Waals surface area (Å²) < 4.78 is 6.39. The highest BCUT2D eigenvalue weighted by atomic mass is 35.5. The molecule has 0 amide bonds. The van der Waals surface area contributed by atoms with Gasteiger partial charge >= 0.3 is 0 Å². The number of fused-ring (bicyclic) bond motifs is 1. The Morgan fingerprint density at radius 2 is 1.89 bits per heavy atom. The van der Waals surface area contributed by atoms with Crippen LogP contribution in [-0.2, 0) is 0 Å². The molecule has 1 aromatic carbocycles. The Balaban J connectivity index is 1.94. The van der Waals surface area contributed by atoms with Crippen molar-refractivity contribution < 1.29 is 4.74 Å². The van der Waals surface area contributed by atoms with E-state index in [1.165, 1.54) is 6.42 Å². The summed E-state index contributed by atoms with van der Waals surface area (Å²) in [6.07, 6.45) is 4.45. The first-order chi connectivity index (χ1) is 8.97. The van der Waals surface area contributed by atoms with E-state index < -0.39 is 0 Å². The van der Waals surface area contributed by atoms with Crippen LogP contribution in [0.1, 0.15) is 51.1 Å². The summed E-state index contributed by atoms with van der Waals surface area (Å²) in [7, 11) is 0. The van der Waals surface area contributed by atoms with Crippen LogP contribution in [0.5, 0.6) is 5.75 Å². The Morgan fingerprint density at radius 1 is 1.21 bits per heavy atom. The van der Waals surface area contributed by atoms with Gasteiger partial charge in [-0.3, -0.25) is 0 Å². The summed E-state index contributed by atoms with van der Waals surface area (Å²) in [6.45, 7) is 4.65. The SMILES string of the molecule is CC1CC(C)CC2(C1)CC(N)c1cc(Cl)ccc1O2. The van der Waals surface area contributed by atoms with Crippen molar-refractivity contribution in [2.45, 2.75) is 51.2 Å². The van der Waals surface area contributed by atoms with Crippen LogP contribution in [0.25, 0.3) is 0 Å². The second-order valence-corrected chi connectivity index (χ2v) is 7.07. The standard InChI is InChI=1S/C16H22ClNO/c1-10-5-11(2)8-16(7-10)9-14(18)13-6-12(17)3-4-15(13)19-16/h3-4,6,10-11,14H,5,7-9,18H2,1-2H3. The molecule has 19 heavy (non-hydrogen) atoms. The van der Waals surface area contributed by atoms with Crippen molar-refractivity contribution in [2.75, 3.05) is 0 Å². The van der Waals surface area contributed by atoms with Crippen LogP contribution >= 0.6 is 11.6 Å². The van der Waals surface area contributed by atoms with Gasteiger partial charge in [-0.05, 0) is 49.3 Å². The van der Waals surface area contributed by atoms with Crippen LogP contribution in [0.3, 0.4) is 0 Å². The molecule has 3 unspecified atom stereocenters. The van der Waals surface area contributed by atoms with Gasteiger partial charge in [-0.1, -0.05) is 25.4 Å². The van der Waals surface area contributed by atoms with Crippen molar-refractivity contribution >= 4 is 11.6 Å². The Kier molecular flexibility index (Phi) is 3.26. The van der Waals surface area contributed by atoms with Crippen LogP contribution in [0.4, 0.5) is 0 Å². The molecule has 0 bridgehead atoms. The molecule has 3 heteroatoms. The third kappa shape index (κ3) is 2.48. The van der Waals surface area contributed by atoms with E-state index in [1.807, 2.05) is 18.2 Å². The van der Waals surface area contributed by atoms with Crippen molar-refractivity contribution in [2.24, 2.45) is 17.6 Å². The lowest BCUT2D eigenvalue weighted by Gasteiger charge is -2.47. The molecule has 1 aromatic rings. The van der Waals surface area contributed by atoms with E-state index in [-0.39, 0.29) is 11.6 Å². The van der Waals surface area contributed by atoms with E-state index in [0.29, 0.717) is 11.8 Å². The average molecular weight is 280 g/mol. The van der Waals surface area contributed by atoms with Crippen LogP contribution < -0.4 is 10.5 Å². The Hall–Kier alpha value is -0.730. The van der Waals surface area contributed by atoms with Gasteiger partial charge in [-0.25, -0.2) is 0 Å². The predicted molar refractivity (Wildman–Crippen MR) is 78.5 cm³/mol. The van der Waals surface area contributed by atoms with E-state index in [1.54, 1.807) is 0 Å². The van der Waals surface area contributed by atoms with E-state index in [9.17, 15) is 0 Å². The first-order valence-electron chi connectivity index (χ1n) is 7.21. The summed E-state index contributed by atoms with van der Waals surface area (Å²) in [5.74, 6) is 2.36. The summed E-state index contributed by atoms with van der Waals surface area (Å²) in [6, 6.07) is 5.86. The number of hydrogen-bond acceptors (Lipinski definition) is 2. The second-order valence-electron chi connectivity index (χ2n) is 6.63. The maximum Gasteiger partial charge on any atom is 0.125 e. The second kappa shape index (κ2) is 4.68. The normalized spacial score (nSPS) is 37.8. The largest absolute Gasteiger partial charge is 0.487 e. The van der Waals surface area contributed by atoms with Gasteiger partial charge in [0, 0.05) is 23.0 Å². The minimum absolute atomic E-state index is 0.0416. The minimum atomic E-state index is -0.0582. The van der Waals surface area contributed by atoms with Crippen molar-refractivity contribution in [1.29, 1.82) is 0 Å². The highest BCUT2D eigenvalue weighted by Crippen LogP contribution is 2.48. The quantitative estimate of drug-likeness (QED) is 0.768. The molecule has 0 saturated heterocycles. The number of rotatable bonds is 0. The lowest BCUT2D eigenvalue weighted by Crippen LogP contribution is -2.48. The predicted octanol–water partition coefficient (Wildman–Crippen LogP) is 4.32. The molecule has 1 spiro atoms. The molecule has 1 saturated carbocycles. The van der Waals surface area contributed by atoms with Crippen LogP contribution in [0.15, 0.2) is 18.2 Å². The van der Waals surface area contributed by atoms with Crippen molar-refractivity contribution in [3.8, 4) is 5.75 Å². The molecule has 3 atom stereocenters. The van der Waals surface area contributed by atoms with E-state index in [0.717, 1.165) is 35.6 Å². The maximum absolute atomic E-state index is 6.39. The fraction of sp³-hybridized carbons (Fsp3) is 0.625. The van der Waals surface area contributed by atoms with Crippen molar-refractivity contribution in [1.82, 2.24) is 0 Å². The maximum atomic E-state index is 6.39. The van der Waals surface area contributed by atoms with Gasteiger partial charge in [0.05, 0.1) is 0 Å². The van der Waals surface area contributed by atoms with Gasteiger partial charge < -0.3 is 10.5 Å². The topological polar surface area (TPSA) is 35.2 Å². The van der Waals surface area contributed by atoms with Crippen molar-refractivity contribution in [3.63, 3.8) is 0 Å². The molecule has 3 rings (SSSR count). The third-order valence-corrected chi connectivity index (χ3v) is 4.77. The third-order valence-electron chi connectivity index (χ3n) is 4.54. The summed E-state index contributed by atoms with van der Waals surface area (Å²) in [5, 5.41) is 0.735. The highest BCUT2D eigenvalue weighted by molar-refractivity contribution is 6.30. The molecule has 0 aromatic heterocycles. The molecule has 2 aliphatic rings. The lowest BCUT2D eigenvalue weighted by atomic mass is 9.69. The molecular formula is C16H22ClNO. The molecule has 2 nitrogen and oxygen atoms in total. The lowest BCUT2D eigenvalue weighted by molar-refractivity contribution is -0.0311. The van der Waals surface area contributed by atoms with E-state index in [2.05, 4.69) is 13.8 Å². The Bertz CT molecular complexity index is 478. The molecule has 1 aliphatic heterocycles. The zero-order valence-corrected chi connectivity index (χ0v) is 12.4. The average Bonchev–Trinajstić information content (AvgIpc) is 2.28. The highest BCUT2D eigenvalue weighted by Gasteiger charge is 2.44. The molecule has 2 N–H and O–H groups in total. The van der Waals surface area contributed by atoms with Crippen LogP contribution in [0, 0.1) is 11.8 Å². The van der Waals surface area contributed by atoms with Gasteiger partial charge in [0.15, 0.2) is 0 Å². The Morgan fingerprint density at radius 3 is 2.58 bits per heavy atom. The monoisotopic (exact) mass is 279 g/mol. The number of halogens is 1. The number of nitrogens with two attached hydrogens (primary N) is 1. The molecule has 1 aliphatic carbocycles. The first kappa shape index (κ1) is 13.3. The summed E-state index contributed by atoms with van der Waals surface area (Å²) in [5.41, 5.74) is 7.37. The molecular weight excluding hydrogens is 258 g/mol. The minimum Gasteiger partial charge on any atom is -0.487 e. The van der Waals surface area contributed by atoms with Gasteiger partial charge in [-0.2, -0.15) is 0 Å². The Labute approximate surface area is 120 Å². The van der Waals surface area contributed by atoms with Gasteiger partial charge in [0.2, 0.25) is 0 Å². The van der Waals surface area contributed by atoms with Crippen LogP contribution in [-0.4, -0.2) is 5.60 Å². The zero-order valence-electron chi connectivity index (χ0n) is 11.7. The summed E-state index contributed by atoms with van der Waals surface area (Å²) in [4.78, 5) is 0. The molecule has 104 valence electrons. The fourth-order valence-electron chi connectivity index (χ4n) is 4.14. The first-order valence-corrected chi connectivity index (χ1v) is 7.59. The number of hydrogen-bond donors (Lipinski definition) is 1. The van der Waals surface area contributed by atoms with Crippen molar-refractivity contribution in [3.05, 3.63) is 28.8 Å². The molecule has 0 radical (unpaired) electrons. The zero-order chi connectivity index (χ0) is 13.6. The van der Waals surface area contributed by atoms with E-state index in [4.69, 9.17) is 22.1 Å².